The molecule has 1 aromatic heterocycles. The molecule has 0 saturated heterocycles. The van der Waals surface area contributed by atoms with Gasteiger partial charge in [0.05, 0.1) is 31.8 Å². The number of carbonyl (C=O) groups excluding carboxylic acids is 2. The van der Waals surface area contributed by atoms with E-state index in [9.17, 15) is 14.7 Å². The molecule has 0 spiro atoms. The minimum absolute atomic E-state index is 0.265. The van der Waals surface area contributed by atoms with Crippen molar-refractivity contribution in [1.82, 2.24) is 5.32 Å². The zero-order chi connectivity index (χ0) is 19.4. The van der Waals surface area contributed by atoms with Gasteiger partial charge in [-0.2, -0.15) is 0 Å². The molecule has 0 bridgehead atoms. The lowest BCUT2D eigenvalue weighted by molar-refractivity contribution is -0.309. The monoisotopic (exact) mass is 360 g/mol. The van der Waals surface area contributed by atoms with Crippen LogP contribution in [0.25, 0.3) is 11.3 Å². The molecule has 0 fully saturated rings. The second-order valence-corrected chi connectivity index (χ2v) is 6.16. The van der Waals surface area contributed by atoms with E-state index < -0.39 is 17.9 Å². The van der Waals surface area contributed by atoms with Crippen LogP contribution in [0.4, 0.5) is 0 Å². The molecule has 0 saturated carbocycles. The molecule has 2 rings (SSSR count). The Bertz CT molecular complexity index is 808. The molecule has 0 aliphatic carbocycles. The minimum Gasteiger partial charge on any atom is -0.548 e. The van der Waals surface area contributed by atoms with Gasteiger partial charge in [-0.1, -0.05) is 13.8 Å². The van der Waals surface area contributed by atoms with Crippen LogP contribution in [-0.2, 0) is 4.79 Å². The molecule has 1 heterocycles. The van der Waals surface area contributed by atoms with E-state index in [2.05, 4.69) is 5.32 Å². The van der Waals surface area contributed by atoms with Gasteiger partial charge in [-0.3, -0.25) is 4.79 Å². The van der Waals surface area contributed by atoms with Gasteiger partial charge in [-0.05, 0) is 37.1 Å². The van der Waals surface area contributed by atoms with E-state index in [1.807, 2.05) is 0 Å². The van der Waals surface area contributed by atoms with Crippen molar-refractivity contribution in [2.75, 3.05) is 14.2 Å². The third-order valence-electron chi connectivity index (χ3n) is 4.04. The van der Waals surface area contributed by atoms with Crippen molar-refractivity contribution in [3.05, 3.63) is 35.6 Å². The van der Waals surface area contributed by atoms with E-state index in [0.717, 1.165) is 0 Å². The summed E-state index contributed by atoms with van der Waals surface area (Å²) in [6.45, 7) is 5.03. The first kappa shape index (κ1) is 19.4. The lowest BCUT2D eigenvalue weighted by Gasteiger charge is -2.22. The van der Waals surface area contributed by atoms with Gasteiger partial charge >= 0.3 is 0 Å². The Morgan fingerprint density at radius 2 is 1.77 bits per heavy atom. The highest BCUT2D eigenvalue weighted by atomic mass is 16.5. The molecule has 0 radical (unpaired) electrons. The number of hydrogen-bond acceptors (Lipinski definition) is 6. The van der Waals surface area contributed by atoms with E-state index in [0.29, 0.717) is 28.6 Å². The number of amides is 1. The van der Waals surface area contributed by atoms with Crippen LogP contribution >= 0.6 is 0 Å². The molecule has 1 N–H and O–H groups in total. The van der Waals surface area contributed by atoms with Gasteiger partial charge in [0.25, 0.3) is 5.91 Å². The minimum atomic E-state index is -1.32. The fourth-order valence-electron chi connectivity index (χ4n) is 2.56. The molecule has 1 aromatic carbocycles. The molecule has 1 atom stereocenters. The molecular weight excluding hydrogens is 338 g/mol. The molecule has 7 nitrogen and oxygen atoms in total. The van der Waals surface area contributed by atoms with Crippen LogP contribution in [0.1, 0.15) is 30.0 Å². The molecule has 2 aromatic rings. The van der Waals surface area contributed by atoms with E-state index in [4.69, 9.17) is 13.9 Å². The van der Waals surface area contributed by atoms with Crippen LogP contribution in [0.3, 0.4) is 0 Å². The Balaban J connectivity index is 2.31. The van der Waals surface area contributed by atoms with Crippen molar-refractivity contribution in [2.24, 2.45) is 5.92 Å². The van der Waals surface area contributed by atoms with Crippen molar-refractivity contribution in [2.45, 2.75) is 26.8 Å². The maximum Gasteiger partial charge on any atom is 0.255 e. The molecular formula is C19H22NO6-. The average molecular weight is 360 g/mol. The number of carboxylic acid groups (broad SMARTS) is 1. The summed E-state index contributed by atoms with van der Waals surface area (Å²) in [5.41, 5.74) is 0.965. The first-order chi connectivity index (χ1) is 12.3. The lowest BCUT2D eigenvalue weighted by atomic mass is 10.0. The first-order valence-corrected chi connectivity index (χ1v) is 8.13. The first-order valence-electron chi connectivity index (χ1n) is 8.13. The van der Waals surface area contributed by atoms with E-state index in [1.54, 1.807) is 52.1 Å². The second-order valence-electron chi connectivity index (χ2n) is 6.16. The summed E-state index contributed by atoms with van der Waals surface area (Å²) in [4.78, 5) is 23.6. The van der Waals surface area contributed by atoms with Gasteiger partial charge in [0, 0.05) is 5.56 Å². The van der Waals surface area contributed by atoms with Crippen molar-refractivity contribution in [3.63, 3.8) is 0 Å². The van der Waals surface area contributed by atoms with E-state index >= 15 is 0 Å². The van der Waals surface area contributed by atoms with Crippen molar-refractivity contribution in [1.29, 1.82) is 0 Å². The largest absolute Gasteiger partial charge is 0.548 e. The summed E-state index contributed by atoms with van der Waals surface area (Å²) < 4.78 is 16.1. The third-order valence-corrected chi connectivity index (χ3v) is 4.04. The standard InChI is InChI=1S/C19H23NO6/c1-10(2)17(19(22)23)20-18(21)13-9-15(26-11(13)3)12-6-7-14(24-4)16(8-12)25-5/h6-10,17H,1-5H3,(H,20,21)(H,22,23)/p-1/t17-/m0/s1. The van der Waals surface area contributed by atoms with Gasteiger partial charge in [0.15, 0.2) is 11.5 Å². The van der Waals surface area contributed by atoms with E-state index in [-0.39, 0.29) is 11.5 Å². The second kappa shape index (κ2) is 7.95. The highest BCUT2D eigenvalue weighted by Crippen LogP contribution is 2.34. The summed E-state index contributed by atoms with van der Waals surface area (Å²) in [7, 11) is 3.07. The van der Waals surface area contributed by atoms with Crippen LogP contribution in [0.15, 0.2) is 28.7 Å². The van der Waals surface area contributed by atoms with Gasteiger partial charge in [-0.15, -0.1) is 0 Å². The van der Waals surface area contributed by atoms with Gasteiger partial charge < -0.3 is 29.1 Å². The average Bonchev–Trinajstić information content (AvgIpc) is 3.00. The zero-order valence-corrected chi connectivity index (χ0v) is 15.4. The number of hydrogen-bond donors (Lipinski definition) is 1. The van der Waals surface area contributed by atoms with Gasteiger partial charge in [0.2, 0.25) is 0 Å². The number of aliphatic carboxylic acids is 1. The fourth-order valence-corrected chi connectivity index (χ4v) is 2.56. The number of ether oxygens (including phenoxy) is 2. The van der Waals surface area contributed by atoms with Crippen molar-refractivity contribution in [3.8, 4) is 22.8 Å². The zero-order valence-electron chi connectivity index (χ0n) is 15.4. The highest BCUT2D eigenvalue weighted by Gasteiger charge is 2.22. The van der Waals surface area contributed by atoms with Gasteiger partial charge in [0.1, 0.15) is 11.5 Å². The number of benzene rings is 1. The SMILES string of the molecule is COc1ccc(-c2cc(C(=O)N[C@H](C(=O)[O-])C(C)C)c(C)o2)cc1OC. The summed E-state index contributed by atoms with van der Waals surface area (Å²) in [6, 6.07) is 5.73. The summed E-state index contributed by atoms with van der Waals surface area (Å²) in [5.74, 6) is -0.207. The van der Waals surface area contributed by atoms with E-state index in [1.165, 1.54) is 7.11 Å². The number of methoxy groups -OCH3 is 2. The number of rotatable bonds is 7. The van der Waals surface area contributed by atoms with Crippen LogP contribution in [0, 0.1) is 12.8 Å². The van der Waals surface area contributed by atoms with Crippen LogP contribution < -0.4 is 19.9 Å². The lowest BCUT2D eigenvalue weighted by Crippen LogP contribution is -2.50. The number of carbonyl (C=O) groups is 2. The number of carboxylic acids is 1. The Morgan fingerprint density at radius 3 is 2.31 bits per heavy atom. The number of furan rings is 1. The Kier molecular flexibility index (Phi) is 5.92. The molecule has 7 heteroatoms. The third kappa shape index (κ3) is 3.99. The van der Waals surface area contributed by atoms with Crippen LogP contribution in [0.5, 0.6) is 11.5 Å². The topological polar surface area (TPSA) is 101 Å². The van der Waals surface area contributed by atoms with Crippen molar-refractivity contribution >= 4 is 11.9 Å². The molecule has 26 heavy (non-hydrogen) atoms. The smallest absolute Gasteiger partial charge is 0.255 e. The van der Waals surface area contributed by atoms with Gasteiger partial charge in [-0.25, -0.2) is 0 Å². The molecule has 0 aliphatic heterocycles. The fraction of sp³-hybridized carbons (Fsp3) is 0.368. The molecule has 0 unspecified atom stereocenters. The maximum absolute atomic E-state index is 12.4. The Labute approximate surface area is 151 Å². The molecule has 1 amide bonds. The number of nitrogens with one attached hydrogen (secondary N) is 1. The maximum atomic E-state index is 12.4. The quantitative estimate of drug-likeness (QED) is 0.808. The summed E-state index contributed by atoms with van der Waals surface area (Å²) in [5, 5.41) is 13.6. The number of aryl methyl sites for hydroxylation is 1. The summed E-state index contributed by atoms with van der Waals surface area (Å²) >= 11 is 0. The predicted octanol–water partition coefficient (Wildman–Crippen LogP) is 1.78. The predicted molar refractivity (Wildman–Crippen MR) is 93.1 cm³/mol. The van der Waals surface area contributed by atoms with Crippen molar-refractivity contribution < 1.29 is 28.6 Å². The van der Waals surface area contributed by atoms with Crippen LogP contribution in [-0.4, -0.2) is 32.1 Å². The highest BCUT2D eigenvalue weighted by molar-refractivity contribution is 5.98. The summed E-state index contributed by atoms with van der Waals surface area (Å²) in [6.07, 6.45) is 0. The normalized spacial score (nSPS) is 11.9. The molecule has 0 aliphatic rings. The van der Waals surface area contributed by atoms with Crippen LogP contribution in [0.2, 0.25) is 0 Å². The Hall–Kier alpha value is -2.96. The Morgan fingerprint density at radius 1 is 1.12 bits per heavy atom. The molecule has 140 valence electrons.